The Morgan fingerprint density at radius 1 is 1.06 bits per heavy atom. The van der Waals surface area contributed by atoms with E-state index in [1.807, 2.05) is 30.3 Å². The molecule has 0 aliphatic heterocycles. The lowest BCUT2D eigenvalue weighted by Gasteiger charge is -1.99. The highest BCUT2D eigenvalue weighted by molar-refractivity contribution is 14.1. The third-order valence-corrected chi connectivity index (χ3v) is 2.77. The average Bonchev–Trinajstić information content (AvgIpc) is 2.31. The summed E-state index contributed by atoms with van der Waals surface area (Å²) in [5, 5.41) is 0. The Labute approximate surface area is 119 Å². The number of aromatic nitrogens is 1. The molecule has 1 amide bonds. The molecule has 0 bridgehead atoms. The maximum absolute atomic E-state index is 11.8. The van der Waals surface area contributed by atoms with E-state index in [-0.39, 0.29) is 18.3 Å². The number of nitrogens with one attached hydrogen (secondary N) is 1. The lowest BCUT2D eigenvalue weighted by atomic mass is 10.2. The fraction of sp³-hybridized carbons (Fsp3) is 0. The Balaban J connectivity index is 0.00000144. The van der Waals surface area contributed by atoms with Crippen molar-refractivity contribution in [3.05, 3.63) is 64.0 Å². The topological polar surface area (TPSA) is 33.0 Å². The molecule has 0 spiro atoms. The molecule has 2 aromatic rings. The van der Waals surface area contributed by atoms with E-state index >= 15 is 0 Å². The van der Waals surface area contributed by atoms with Crippen molar-refractivity contribution in [3.8, 4) is 0 Å². The van der Waals surface area contributed by atoms with E-state index in [2.05, 4.69) is 28.0 Å². The number of carbonyl (C=O) groups excluding carboxylic acids is 1. The van der Waals surface area contributed by atoms with Gasteiger partial charge in [0.2, 0.25) is 0 Å². The number of halogens is 2. The molecular weight excluding hydrogens is 351 g/mol. The summed E-state index contributed by atoms with van der Waals surface area (Å²) in [6.45, 7) is 0. The van der Waals surface area contributed by atoms with Gasteiger partial charge in [0, 0.05) is 21.3 Å². The summed E-state index contributed by atoms with van der Waals surface area (Å²) >= 11 is 2.21. The molecule has 0 atom stereocenters. The molecule has 2 rings (SSSR count). The van der Waals surface area contributed by atoms with Gasteiger partial charge in [0.1, 0.15) is 0 Å². The smallest absolute Gasteiger partial charge is 0.305 e. The number of hydrogen-bond donors (Lipinski definition) is 1. The molecule has 1 aromatic carbocycles. The first-order valence-corrected chi connectivity index (χ1v) is 5.87. The Morgan fingerprint density at radius 3 is 2.24 bits per heavy atom. The van der Waals surface area contributed by atoms with Crippen LogP contribution in [0.2, 0.25) is 0 Å². The van der Waals surface area contributed by atoms with Crippen molar-refractivity contribution in [2.75, 3.05) is 5.43 Å². The maximum Gasteiger partial charge on any atom is 0.305 e. The molecular formula is C12H10ClIN2O. The monoisotopic (exact) mass is 360 g/mol. The highest BCUT2D eigenvalue weighted by atomic mass is 127. The van der Waals surface area contributed by atoms with Gasteiger partial charge in [0.05, 0.1) is 0 Å². The highest BCUT2D eigenvalue weighted by Gasteiger charge is 2.09. The van der Waals surface area contributed by atoms with E-state index in [1.165, 1.54) is 0 Å². The van der Waals surface area contributed by atoms with Crippen LogP contribution >= 0.6 is 22.6 Å². The summed E-state index contributed by atoms with van der Waals surface area (Å²) in [5.41, 5.74) is 3.40. The molecule has 0 radical (unpaired) electrons. The van der Waals surface area contributed by atoms with Crippen molar-refractivity contribution in [2.24, 2.45) is 0 Å². The van der Waals surface area contributed by atoms with Gasteiger partial charge in [0.15, 0.2) is 12.4 Å². The van der Waals surface area contributed by atoms with Gasteiger partial charge in [0.25, 0.3) is 0 Å². The summed E-state index contributed by atoms with van der Waals surface area (Å²) in [7, 11) is 0. The number of nitrogens with zero attached hydrogens (tertiary/aromatic N) is 1. The second-order valence-corrected chi connectivity index (χ2v) is 4.48. The Morgan fingerprint density at radius 2 is 1.65 bits per heavy atom. The van der Waals surface area contributed by atoms with Crippen LogP contribution in [0.5, 0.6) is 0 Å². The van der Waals surface area contributed by atoms with Crippen LogP contribution in [0.1, 0.15) is 10.4 Å². The van der Waals surface area contributed by atoms with Crippen LogP contribution in [-0.4, -0.2) is 5.91 Å². The number of benzene rings is 1. The van der Waals surface area contributed by atoms with Gasteiger partial charge < -0.3 is 12.4 Å². The minimum absolute atomic E-state index is 0. The predicted octanol–water partition coefficient (Wildman–Crippen LogP) is -1.03. The van der Waals surface area contributed by atoms with Gasteiger partial charge in [-0.3, -0.25) is 4.79 Å². The Bertz CT molecular complexity index is 488. The van der Waals surface area contributed by atoms with Gasteiger partial charge in [-0.2, -0.15) is 0 Å². The number of pyridine rings is 1. The fourth-order valence-electron chi connectivity index (χ4n) is 1.26. The van der Waals surface area contributed by atoms with Crippen LogP contribution in [0, 0.1) is 3.57 Å². The Kier molecular flexibility index (Phi) is 5.37. The molecule has 5 heteroatoms. The van der Waals surface area contributed by atoms with Crippen LogP contribution in [0.3, 0.4) is 0 Å². The third kappa shape index (κ3) is 3.98. The van der Waals surface area contributed by atoms with Crippen molar-refractivity contribution in [1.82, 2.24) is 0 Å². The van der Waals surface area contributed by atoms with E-state index in [0.29, 0.717) is 5.56 Å². The molecule has 0 saturated carbocycles. The molecule has 0 unspecified atom stereocenters. The van der Waals surface area contributed by atoms with E-state index in [9.17, 15) is 4.79 Å². The summed E-state index contributed by atoms with van der Waals surface area (Å²) in [6.07, 6.45) is 3.56. The van der Waals surface area contributed by atoms with E-state index in [0.717, 1.165) is 3.57 Å². The molecule has 1 heterocycles. The molecule has 3 nitrogen and oxygen atoms in total. The SMILES string of the molecule is O=C(N[n+]1ccccc1)c1ccc(I)cc1.[Cl-]. The lowest BCUT2D eigenvalue weighted by molar-refractivity contribution is -0.641. The Hall–Kier alpha value is -1.14. The van der Waals surface area contributed by atoms with Gasteiger partial charge in [-0.25, -0.2) is 0 Å². The number of carbonyl (C=O) groups is 1. The minimum Gasteiger partial charge on any atom is -1.00 e. The summed E-state index contributed by atoms with van der Waals surface area (Å²) in [6, 6.07) is 13.0. The van der Waals surface area contributed by atoms with Crippen LogP contribution < -0.4 is 22.5 Å². The zero-order chi connectivity index (χ0) is 11.4. The van der Waals surface area contributed by atoms with Gasteiger partial charge >= 0.3 is 5.91 Å². The van der Waals surface area contributed by atoms with Crippen molar-refractivity contribution >= 4 is 28.5 Å². The molecule has 88 valence electrons. The quantitative estimate of drug-likeness (QED) is 0.539. The van der Waals surface area contributed by atoms with E-state index in [1.54, 1.807) is 29.2 Å². The van der Waals surface area contributed by atoms with Crippen molar-refractivity contribution < 1.29 is 21.9 Å². The third-order valence-electron chi connectivity index (χ3n) is 2.05. The van der Waals surface area contributed by atoms with Crippen LogP contribution in [0.25, 0.3) is 0 Å². The van der Waals surface area contributed by atoms with Gasteiger partial charge in [-0.15, -0.1) is 5.43 Å². The average molecular weight is 361 g/mol. The van der Waals surface area contributed by atoms with Crippen molar-refractivity contribution in [2.45, 2.75) is 0 Å². The van der Waals surface area contributed by atoms with E-state index < -0.39 is 0 Å². The summed E-state index contributed by atoms with van der Waals surface area (Å²) in [4.78, 5) is 11.8. The molecule has 1 N–H and O–H groups in total. The number of hydrogen-bond acceptors (Lipinski definition) is 1. The van der Waals surface area contributed by atoms with Gasteiger partial charge in [-0.1, -0.05) is 10.7 Å². The molecule has 17 heavy (non-hydrogen) atoms. The number of rotatable bonds is 2. The normalized spacial score (nSPS) is 9.24. The predicted molar refractivity (Wildman–Crippen MR) is 69.5 cm³/mol. The zero-order valence-electron chi connectivity index (χ0n) is 8.81. The molecule has 0 aliphatic rings. The van der Waals surface area contributed by atoms with Crippen LogP contribution in [0.4, 0.5) is 0 Å². The molecule has 1 aromatic heterocycles. The van der Waals surface area contributed by atoms with Crippen molar-refractivity contribution in [3.63, 3.8) is 0 Å². The summed E-state index contributed by atoms with van der Waals surface area (Å²) in [5.74, 6) is -0.118. The standard InChI is InChI=1S/C12H9IN2O.ClH/c13-11-6-4-10(5-7-11)12(16)14-15-8-2-1-3-9-15;/h1-9H;1H. The maximum atomic E-state index is 11.8. The van der Waals surface area contributed by atoms with Crippen molar-refractivity contribution in [1.29, 1.82) is 0 Å². The first-order chi connectivity index (χ1) is 7.75. The first kappa shape index (κ1) is 13.9. The van der Waals surface area contributed by atoms with Crippen LogP contribution in [-0.2, 0) is 0 Å². The van der Waals surface area contributed by atoms with Gasteiger partial charge in [-0.05, 0) is 46.9 Å². The minimum atomic E-state index is -0.118. The number of amides is 1. The molecule has 0 fully saturated rings. The molecule has 0 aliphatic carbocycles. The van der Waals surface area contributed by atoms with E-state index in [4.69, 9.17) is 0 Å². The lowest BCUT2D eigenvalue weighted by Crippen LogP contribution is -3.00. The second kappa shape index (κ2) is 6.56. The second-order valence-electron chi connectivity index (χ2n) is 3.23. The molecule has 0 saturated heterocycles. The zero-order valence-corrected chi connectivity index (χ0v) is 11.7. The fourth-order valence-corrected chi connectivity index (χ4v) is 1.62. The largest absolute Gasteiger partial charge is 1.00 e. The van der Waals surface area contributed by atoms with Crippen LogP contribution in [0.15, 0.2) is 54.9 Å². The highest BCUT2D eigenvalue weighted by Crippen LogP contribution is 2.06. The first-order valence-electron chi connectivity index (χ1n) is 4.79. The summed E-state index contributed by atoms with van der Waals surface area (Å²) < 4.78 is 2.74.